The van der Waals surface area contributed by atoms with Crippen molar-refractivity contribution in [3.05, 3.63) is 29.8 Å². The van der Waals surface area contributed by atoms with Crippen LogP contribution in [0.3, 0.4) is 0 Å². The van der Waals surface area contributed by atoms with Crippen molar-refractivity contribution in [2.24, 2.45) is 11.8 Å². The van der Waals surface area contributed by atoms with Gasteiger partial charge in [-0.15, -0.1) is 0 Å². The van der Waals surface area contributed by atoms with E-state index in [0.717, 1.165) is 36.5 Å². The van der Waals surface area contributed by atoms with Gasteiger partial charge in [0.15, 0.2) is 5.78 Å². The predicted octanol–water partition coefficient (Wildman–Crippen LogP) is 3.20. The second-order valence-corrected chi connectivity index (χ2v) is 7.37. The van der Waals surface area contributed by atoms with E-state index in [-0.39, 0.29) is 5.78 Å². The fourth-order valence-corrected chi connectivity index (χ4v) is 4.88. The number of nitrogens with zero attached hydrogens (tertiary/aromatic N) is 2. The summed E-state index contributed by atoms with van der Waals surface area (Å²) in [5.74, 6) is 2.17. The molecule has 3 aliphatic rings. The molecule has 0 radical (unpaired) electrons. The zero-order valence-electron chi connectivity index (χ0n) is 13.5. The summed E-state index contributed by atoms with van der Waals surface area (Å²) in [5.41, 5.74) is 2.07. The number of hydrogen-bond acceptors (Lipinski definition) is 3. The van der Waals surface area contributed by atoms with Gasteiger partial charge in [-0.25, -0.2) is 0 Å². The summed E-state index contributed by atoms with van der Waals surface area (Å²) in [6, 6.07) is 8.99. The summed E-state index contributed by atoms with van der Waals surface area (Å²) < 4.78 is 0. The van der Waals surface area contributed by atoms with E-state index in [1.54, 1.807) is 6.92 Å². The largest absolute Gasteiger partial charge is 0.369 e. The van der Waals surface area contributed by atoms with Crippen LogP contribution in [-0.2, 0) is 0 Å². The average molecular weight is 298 g/mol. The second kappa shape index (κ2) is 5.69. The second-order valence-electron chi connectivity index (χ2n) is 7.37. The molecule has 0 N–H and O–H groups in total. The Bertz CT molecular complexity index is 545. The van der Waals surface area contributed by atoms with Crippen LogP contribution in [-0.4, -0.2) is 42.9 Å². The predicted molar refractivity (Wildman–Crippen MR) is 89.5 cm³/mol. The number of carbonyl (C=O) groups excluding carboxylic acids is 1. The lowest BCUT2D eigenvalue weighted by Crippen LogP contribution is -2.51. The van der Waals surface area contributed by atoms with Gasteiger partial charge in [-0.1, -0.05) is 6.42 Å². The maximum Gasteiger partial charge on any atom is 0.159 e. The van der Waals surface area contributed by atoms with Crippen molar-refractivity contribution in [3.63, 3.8) is 0 Å². The van der Waals surface area contributed by atoms with Crippen LogP contribution in [0.5, 0.6) is 0 Å². The molecular weight excluding hydrogens is 272 g/mol. The summed E-state index contributed by atoms with van der Waals surface area (Å²) in [6.07, 6.45) is 5.92. The van der Waals surface area contributed by atoms with Crippen LogP contribution in [0.2, 0.25) is 0 Å². The van der Waals surface area contributed by atoms with Crippen molar-refractivity contribution in [3.8, 4) is 0 Å². The number of hydrogen-bond donors (Lipinski definition) is 0. The van der Waals surface area contributed by atoms with E-state index in [4.69, 9.17) is 0 Å². The smallest absolute Gasteiger partial charge is 0.159 e. The maximum atomic E-state index is 11.4. The Morgan fingerprint density at radius 2 is 1.73 bits per heavy atom. The Labute approximate surface area is 133 Å². The minimum atomic E-state index is 0.146. The first kappa shape index (κ1) is 14.3. The Hall–Kier alpha value is -1.35. The molecule has 3 nitrogen and oxygen atoms in total. The number of piperazine rings is 1. The van der Waals surface area contributed by atoms with Crippen LogP contribution in [0, 0.1) is 11.8 Å². The van der Waals surface area contributed by atoms with Gasteiger partial charge >= 0.3 is 0 Å². The molecule has 3 atom stereocenters. The van der Waals surface area contributed by atoms with E-state index in [2.05, 4.69) is 21.9 Å². The van der Waals surface area contributed by atoms with Crippen molar-refractivity contribution in [1.82, 2.24) is 4.90 Å². The number of rotatable bonds is 3. The molecule has 3 unspecified atom stereocenters. The van der Waals surface area contributed by atoms with Gasteiger partial charge in [-0.3, -0.25) is 9.69 Å². The fourth-order valence-electron chi connectivity index (χ4n) is 4.88. The highest BCUT2D eigenvalue weighted by atomic mass is 16.1. The zero-order valence-corrected chi connectivity index (χ0v) is 13.5. The highest BCUT2D eigenvalue weighted by Gasteiger charge is 2.42. The van der Waals surface area contributed by atoms with Crippen molar-refractivity contribution in [2.75, 3.05) is 31.1 Å². The molecule has 2 bridgehead atoms. The molecule has 4 rings (SSSR count). The Morgan fingerprint density at radius 3 is 2.27 bits per heavy atom. The normalized spacial score (nSPS) is 31.7. The highest BCUT2D eigenvalue weighted by molar-refractivity contribution is 5.94. The van der Waals surface area contributed by atoms with Crippen molar-refractivity contribution in [2.45, 2.75) is 38.6 Å². The fraction of sp³-hybridized carbons (Fsp3) is 0.632. The van der Waals surface area contributed by atoms with Crippen LogP contribution >= 0.6 is 0 Å². The van der Waals surface area contributed by atoms with E-state index >= 15 is 0 Å². The van der Waals surface area contributed by atoms with Crippen LogP contribution in [0.15, 0.2) is 24.3 Å². The molecule has 2 saturated carbocycles. The van der Waals surface area contributed by atoms with Gasteiger partial charge in [0.25, 0.3) is 0 Å². The van der Waals surface area contributed by atoms with Gasteiger partial charge in [0.1, 0.15) is 0 Å². The number of anilines is 1. The van der Waals surface area contributed by atoms with Gasteiger partial charge < -0.3 is 4.90 Å². The van der Waals surface area contributed by atoms with E-state index < -0.39 is 0 Å². The number of fused-ring (bicyclic) bond motifs is 2. The van der Waals surface area contributed by atoms with Crippen LogP contribution in [0.1, 0.15) is 43.0 Å². The van der Waals surface area contributed by atoms with Gasteiger partial charge in [-0.05, 0) is 62.3 Å². The minimum Gasteiger partial charge on any atom is -0.369 e. The van der Waals surface area contributed by atoms with Crippen LogP contribution < -0.4 is 4.90 Å². The molecule has 0 aromatic heterocycles. The number of Topliss-reactive ketones (excluding diaryl/α,β-unsaturated/α-hetero) is 1. The molecule has 1 aliphatic heterocycles. The third kappa shape index (κ3) is 2.56. The summed E-state index contributed by atoms with van der Waals surface area (Å²) in [7, 11) is 0. The Morgan fingerprint density at radius 1 is 1.00 bits per heavy atom. The molecular formula is C19H26N2O. The standard InChI is InChI=1S/C19H26N2O/c1-14(22)16-4-6-18(7-5-16)20-8-10-21(11-9-20)19-13-15-2-3-17(19)12-15/h4-7,15,17,19H,2-3,8-13H2,1H3. The first-order valence-electron chi connectivity index (χ1n) is 8.81. The number of ketones is 1. The summed E-state index contributed by atoms with van der Waals surface area (Å²) in [6.45, 7) is 6.26. The minimum absolute atomic E-state index is 0.146. The molecule has 0 amide bonds. The topological polar surface area (TPSA) is 23.6 Å². The van der Waals surface area contributed by atoms with E-state index in [1.165, 1.54) is 44.5 Å². The monoisotopic (exact) mass is 298 g/mol. The summed E-state index contributed by atoms with van der Waals surface area (Å²) in [4.78, 5) is 16.6. The quantitative estimate of drug-likeness (QED) is 0.801. The maximum absolute atomic E-state index is 11.4. The molecule has 3 heteroatoms. The first-order valence-corrected chi connectivity index (χ1v) is 8.81. The molecule has 22 heavy (non-hydrogen) atoms. The third-order valence-electron chi connectivity index (χ3n) is 6.12. The number of carbonyl (C=O) groups is 1. The van der Waals surface area contributed by atoms with Crippen LogP contribution in [0.4, 0.5) is 5.69 Å². The first-order chi connectivity index (χ1) is 10.7. The zero-order chi connectivity index (χ0) is 15.1. The van der Waals surface area contributed by atoms with E-state index in [0.29, 0.717) is 0 Å². The highest BCUT2D eigenvalue weighted by Crippen LogP contribution is 2.46. The van der Waals surface area contributed by atoms with Gasteiger partial charge in [-0.2, -0.15) is 0 Å². The molecule has 3 fully saturated rings. The molecule has 1 aromatic rings. The molecule has 2 aliphatic carbocycles. The van der Waals surface area contributed by atoms with Crippen LogP contribution in [0.25, 0.3) is 0 Å². The van der Waals surface area contributed by atoms with E-state index in [9.17, 15) is 4.79 Å². The number of benzene rings is 1. The lowest BCUT2D eigenvalue weighted by molar-refractivity contribution is 0.101. The Kier molecular flexibility index (Phi) is 3.69. The van der Waals surface area contributed by atoms with Crippen molar-refractivity contribution < 1.29 is 4.79 Å². The summed E-state index contributed by atoms with van der Waals surface area (Å²) >= 11 is 0. The lowest BCUT2D eigenvalue weighted by atomic mass is 9.93. The summed E-state index contributed by atoms with van der Waals surface area (Å²) in [5, 5.41) is 0. The molecule has 118 valence electrons. The SMILES string of the molecule is CC(=O)c1ccc(N2CCN(C3CC4CCC3C4)CC2)cc1. The van der Waals surface area contributed by atoms with Gasteiger partial charge in [0, 0.05) is 43.5 Å². The molecule has 1 heterocycles. The molecule has 1 aromatic carbocycles. The average Bonchev–Trinajstić information content (AvgIpc) is 3.18. The van der Waals surface area contributed by atoms with E-state index in [1.807, 2.05) is 12.1 Å². The van der Waals surface area contributed by atoms with Crippen molar-refractivity contribution in [1.29, 1.82) is 0 Å². The lowest BCUT2D eigenvalue weighted by Gasteiger charge is -2.41. The molecule has 0 spiro atoms. The third-order valence-corrected chi connectivity index (χ3v) is 6.12. The Balaban J connectivity index is 1.36. The van der Waals surface area contributed by atoms with Gasteiger partial charge in [0.05, 0.1) is 0 Å². The molecule has 1 saturated heterocycles. The van der Waals surface area contributed by atoms with Crippen molar-refractivity contribution >= 4 is 11.5 Å². The van der Waals surface area contributed by atoms with Gasteiger partial charge in [0.2, 0.25) is 0 Å².